The van der Waals surface area contributed by atoms with Crippen molar-refractivity contribution >= 4 is 27.3 Å². The fourth-order valence-electron chi connectivity index (χ4n) is 2.30. The first-order valence-electron chi connectivity index (χ1n) is 5.91. The Hall–Kier alpha value is -0.840. The third kappa shape index (κ3) is 2.20. The van der Waals surface area contributed by atoms with Gasteiger partial charge < -0.3 is 10.5 Å². The summed E-state index contributed by atoms with van der Waals surface area (Å²) in [7, 11) is 0. The van der Waals surface area contributed by atoms with Crippen LogP contribution in [0, 0.1) is 6.92 Å². The van der Waals surface area contributed by atoms with Gasteiger partial charge in [0.25, 0.3) is 0 Å². The molecule has 2 atom stereocenters. The highest BCUT2D eigenvalue weighted by atomic mass is 79.9. The molecule has 1 unspecified atom stereocenters. The van der Waals surface area contributed by atoms with E-state index in [4.69, 9.17) is 10.5 Å². The van der Waals surface area contributed by atoms with Crippen molar-refractivity contribution in [2.45, 2.75) is 25.5 Å². The summed E-state index contributed by atoms with van der Waals surface area (Å²) in [6, 6.07) is 10.4. The zero-order valence-corrected chi connectivity index (χ0v) is 12.4. The average molecular weight is 324 g/mol. The van der Waals surface area contributed by atoms with Gasteiger partial charge in [-0.25, -0.2) is 0 Å². The van der Waals surface area contributed by atoms with Crippen LogP contribution in [0.3, 0.4) is 0 Å². The van der Waals surface area contributed by atoms with Gasteiger partial charge >= 0.3 is 0 Å². The summed E-state index contributed by atoms with van der Waals surface area (Å²) >= 11 is 5.20. The minimum Gasteiger partial charge on any atom is -0.484 e. The van der Waals surface area contributed by atoms with Gasteiger partial charge in [-0.3, -0.25) is 0 Å². The van der Waals surface area contributed by atoms with E-state index in [9.17, 15) is 0 Å². The van der Waals surface area contributed by atoms with Gasteiger partial charge in [-0.15, -0.1) is 11.3 Å². The molecule has 0 fully saturated rings. The molecular weight excluding hydrogens is 310 g/mol. The van der Waals surface area contributed by atoms with Crippen LogP contribution in [0.2, 0.25) is 0 Å². The molecule has 1 aromatic carbocycles. The molecule has 2 aromatic rings. The van der Waals surface area contributed by atoms with Crippen molar-refractivity contribution in [2.75, 3.05) is 0 Å². The molecule has 1 aliphatic rings. The predicted octanol–water partition coefficient (Wildman–Crippen LogP) is 4.34. The molecule has 0 aliphatic carbocycles. The van der Waals surface area contributed by atoms with Crippen molar-refractivity contribution in [1.82, 2.24) is 0 Å². The van der Waals surface area contributed by atoms with Crippen LogP contribution in [0.4, 0.5) is 0 Å². The van der Waals surface area contributed by atoms with Crippen molar-refractivity contribution in [3.8, 4) is 5.75 Å². The molecule has 0 bridgehead atoms. The van der Waals surface area contributed by atoms with Gasteiger partial charge in [0.15, 0.2) is 0 Å². The molecule has 2 heterocycles. The maximum atomic E-state index is 6.26. The van der Waals surface area contributed by atoms with E-state index in [1.807, 2.05) is 6.07 Å². The summed E-state index contributed by atoms with van der Waals surface area (Å²) in [5.74, 6) is 0.925. The standard InChI is InChI=1S/C14H14BrNOS/c1-8-2-3-11-9(6-8)10(16)7-12(17-11)13-4-5-14(15)18-13/h2-6,10,12H,7,16H2,1H3/t10-,12?/m1/s1. The minimum absolute atomic E-state index is 0.0551. The Labute approximate surface area is 119 Å². The number of hydrogen-bond acceptors (Lipinski definition) is 3. The van der Waals surface area contributed by atoms with Crippen LogP contribution in [0.15, 0.2) is 34.1 Å². The van der Waals surface area contributed by atoms with Crippen LogP contribution < -0.4 is 10.5 Å². The molecule has 1 aromatic heterocycles. The van der Waals surface area contributed by atoms with Gasteiger partial charge in [0.1, 0.15) is 11.9 Å². The summed E-state index contributed by atoms with van der Waals surface area (Å²) in [5.41, 5.74) is 8.62. The molecule has 0 saturated heterocycles. The Kier molecular flexibility index (Phi) is 3.18. The molecule has 3 rings (SSSR count). The second-order valence-electron chi connectivity index (χ2n) is 4.63. The lowest BCUT2D eigenvalue weighted by Gasteiger charge is -2.30. The lowest BCUT2D eigenvalue weighted by Crippen LogP contribution is -2.23. The van der Waals surface area contributed by atoms with Crippen molar-refractivity contribution in [3.63, 3.8) is 0 Å². The number of aryl methyl sites for hydroxylation is 1. The maximum absolute atomic E-state index is 6.26. The maximum Gasteiger partial charge on any atom is 0.135 e. The second-order valence-corrected chi connectivity index (χ2v) is 7.13. The Morgan fingerprint density at radius 3 is 2.89 bits per heavy atom. The highest BCUT2D eigenvalue weighted by molar-refractivity contribution is 9.11. The monoisotopic (exact) mass is 323 g/mol. The first-order valence-corrected chi connectivity index (χ1v) is 7.52. The van der Waals surface area contributed by atoms with Crippen LogP contribution in [0.25, 0.3) is 0 Å². The number of benzene rings is 1. The molecule has 0 saturated carbocycles. The largest absolute Gasteiger partial charge is 0.484 e. The van der Waals surface area contributed by atoms with E-state index in [0.717, 1.165) is 21.5 Å². The number of ether oxygens (including phenoxy) is 1. The molecule has 2 nitrogen and oxygen atoms in total. The van der Waals surface area contributed by atoms with Crippen LogP contribution in [0.1, 0.15) is 34.6 Å². The quantitative estimate of drug-likeness (QED) is 0.847. The summed E-state index contributed by atoms with van der Waals surface area (Å²) in [5, 5.41) is 0. The molecule has 0 amide bonds. The smallest absolute Gasteiger partial charge is 0.135 e. The van der Waals surface area contributed by atoms with E-state index < -0.39 is 0 Å². The number of nitrogens with two attached hydrogens (primary N) is 1. The molecule has 0 spiro atoms. The van der Waals surface area contributed by atoms with E-state index >= 15 is 0 Å². The molecular formula is C14H14BrNOS. The van der Waals surface area contributed by atoms with Gasteiger partial charge in [0.05, 0.1) is 3.79 Å². The Morgan fingerprint density at radius 1 is 1.33 bits per heavy atom. The number of halogens is 1. The summed E-state index contributed by atoms with van der Waals surface area (Å²) in [4.78, 5) is 1.23. The third-order valence-corrected chi connectivity index (χ3v) is 4.93. The van der Waals surface area contributed by atoms with Crippen LogP contribution in [-0.2, 0) is 0 Å². The Balaban J connectivity index is 1.94. The zero-order valence-electron chi connectivity index (χ0n) is 10.0. The molecule has 1 aliphatic heterocycles. The minimum atomic E-state index is 0.0551. The van der Waals surface area contributed by atoms with Crippen molar-refractivity contribution in [3.05, 3.63) is 50.1 Å². The topological polar surface area (TPSA) is 35.2 Å². The number of fused-ring (bicyclic) bond motifs is 1. The molecule has 94 valence electrons. The lowest BCUT2D eigenvalue weighted by atomic mass is 9.95. The van der Waals surface area contributed by atoms with Gasteiger partial charge in [-0.05, 0) is 41.1 Å². The van der Waals surface area contributed by atoms with E-state index in [1.54, 1.807) is 11.3 Å². The number of hydrogen-bond donors (Lipinski definition) is 1. The molecule has 0 radical (unpaired) electrons. The Bertz CT molecular complexity index is 581. The van der Waals surface area contributed by atoms with Crippen LogP contribution >= 0.6 is 27.3 Å². The number of rotatable bonds is 1. The van der Waals surface area contributed by atoms with Crippen molar-refractivity contribution < 1.29 is 4.74 Å². The van der Waals surface area contributed by atoms with Gasteiger partial charge in [-0.2, -0.15) is 0 Å². The SMILES string of the molecule is Cc1ccc2c(c1)[C@H](N)CC(c1ccc(Br)s1)O2. The van der Waals surface area contributed by atoms with Crippen LogP contribution in [-0.4, -0.2) is 0 Å². The normalized spacial score (nSPS) is 22.4. The first kappa shape index (κ1) is 12.2. The highest BCUT2D eigenvalue weighted by Crippen LogP contribution is 2.42. The predicted molar refractivity (Wildman–Crippen MR) is 78.1 cm³/mol. The summed E-state index contributed by atoms with van der Waals surface area (Å²) in [6.07, 6.45) is 0.912. The molecule has 18 heavy (non-hydrogen) atoms. The molecule has 2 N–H and O–H groups in total. The average Bonchev–Trinajstić information content (AvgIpc) is 2.77. The summed E-state index contributed by atoms with van der Waals surface area (Å²) < 4.78 is 7.20. The fraction of sp³-hybridized carbons (Fsp3) is 0.286. The van der Waals surface area contributed by atoms with Crippen molar-refractivity contribution in [2.24, 2.45) is 5.73 Å². The second kappa shape index (κ2) is 4.68. The van der Waals surface area contributed by atoms with Crippen LogP contribution in [0.5, 0.6) is 5.75 Å². The lowest BCUT2D eigenvalue weighted by molar-refractivity contribution is 0.165. The van der Waals surface area contributed by atoms with Gasteiger partial charge in [-0.1, -0.05) is 17.7 Å². The zero-order chi connectivity index (χ0) is 12.7. The van der Waals surface area contributed by atoms with E-state index in [1.165, 1.54) is 10.4 Å². The van der Waals surface area contributed by atoms with Gasteiger partial charge in [0.2, 0.25) is 0 Å². The van der Waals surface area contributed by atoms with E-state index in [-0.39, 0.29) is 12.1 Å². The summed E-state index contributed by atoms with van der Waals surface area (Å²) in [6.45, 7) is 2.08. The Morgan fingerprint density at radius 2 is 2.17 bits per heavy atom. The number of thiophene rings is 1. The fourth-order valence-corrected chi connectivity index (χ4v) is 3.77. The van der Waals surface area contributed by atoms with Crippen molar-refractivity contribution in [1.29, 1.82) is 0 Å². The van der Waals surface area contributed by atoms with E-state index in [0.29, 0.717) is 0 Å². The van der Waals surface area contributed by atoms with Gasteiger partial charge in [0, 0.05) is 22.9 Å². The molecule has 4 heteroatoms. The third-order valence-electron chi connectivity index (χ3n) is 3.21. The highest BCUT2D eigenvalue weighted by Gasteiger charge is 2.27. The first-order chi connectivity index (χ1) is 8.63. The van der Waals surface area contributed by atoms with E-state index in [2.05, 4.69) is 47.1 Å².